The number of ether oxygens (including phenoxy) is 1. The third-order valence-electron chi connectivity index (χ3n) is 2.94. The predicted molar refractivity (Wildman–Crippen MR) is 66.8 cm³/mol. The van der Waals surface area contributed by atoms with Gasteiger partial charge in [0.25, 0.3) is 0 Å². The fourth-order valence-corrected chi connectivity index (χ4v) is 2.54. The lowest BCUT2D eigenvalue weighted by Gasteiger charge is -2.27. The van der Waals surface area contributed by atoms with Gasteiger partial charge in [0.05, 0.1) is 22.8 Å². The van der Waals surface area contributed by atoms with Crippen molar-refractivity contribution in [1.82, 2.24) is 0 Å². The summed E-state index contributed by atoms with van der Waals surface area (Å²) in [6.07, 6.45) is 1.65. The average molecular weight is 302 g/mol. The summed E-state index contributed by atoms with van der Waals surface area (Å²) in [5.41, 5.74) is 1.75. The van der Waals surface area contributed by atoms with Gasteiger partial charge in [0.1, 0.15) is 5.82 Å². The molecule has 1 aromatic carbocycles. The molecule has 1 aliphatic rings. The summed E-state index contributed by atoms with van der Waals surface area (Å²) in [7, 11) is 1.29. The molecule has 1 atom stereocenters. The van der Waals surface area contributed by atoms with E-state index in [1.165, 1.54) is 13.2 Å². The van der Waals surface area contributed by atoms with E-state index >= 15 is 0 Å². The molecule has 17 heavy (non-hydrogen) atoms. The van der Waals surface area contributed by atoms with E-state index in [9.17, 15) is 9.18 Å². The molecule has 0 fully saturated rings. The van der Waals surface area contributed by atoms with Crippen molar-refractivity contribution in [1.29, 1.82) is 0 Å². The topological polar surface area (TPSA) is 38.3 Å². The summed E-state index contributed by atoms with van der Waals surface area (Å²) in [6.45, 7) is 2.03. The Morgan fingerprint density at radius 3 is 3.00 bits per heavy atom. The van der Waals surface area contributed by atoms with E-state index in [1.807, 2.05) is 6.92 Å². The average Bonchev–Trinajstić information content (AvgIpc) is 2.32. The third-order valence-corrected chi connectivity index (χ3v) is 3.80. The lowest BCUT2D eigenvalue weighted by atomic mass is 9.95. The second-order valence-electron chi connectivity index (χ2n) is 4.15. The first-order valence-electron chi connectivity index (χ1n) is 5.40. The Hall–Kier alpha value is -1.10. The van der Waals surface area contributed by atoms with Gasteiger partial charge in [0.15, 0.2) is 0 Å². The minimum Gasteiger partial charge on any atom is -0.465 e. The van der Waals surface area contributed by atoms with Gasteiger partial charge in [-0.25, -0.2) is 9.18 Å². The summed E-state index contributed by atoms with van der Waals surface area (Å²) in [5.74, 6) is -0.949. The standard InChI is InChI=1S/C12H13BrFNO2/c1-6-3-4-7-10(13)9(14)5-8(11(7)15-6)12(16)17-2/h5-6,15H,3-4H2,1-2H3. The Kier molecular flexibility index (Phi) is 3.38. The van der Waals surface area contributed by atoms with Gasteiger partial charge in [0, 0.05) is 6.04 Å². The Bertz CT molecular complexity index is 476. The Balaban J connectivity index is 2.60. The number of anilines is 1. The molecular formula is C12H13BrFNO2. The smallest absolute Gasteiger partial charge is 0.340 e. The minimum absolute atomic E-state index is 0.259. The van der Waals surface area contributed by atoms with E-state index in [1.54, 1.807) is 0 Å². The molecule has 0 radical (unpaired) electrons. The summed E-state index contributed by atoms with van der Waals surface area (Å²) in [5, 5.41) is 3.21. The van der Waals surface area contributed by atoms with Crippen LogP contribution in [0, 0.1) is 5.82 Å². The van der Waals surface area contributed by atoms with Crippen molar-refractivity contribution in [3.8, 4) is 0 Å². The normalized spacial score (nSPS) is 18.2. The van der Waals surface area contributed by atoms with Gasteiger partial charge in [-0.05, 0) is 47.3 Å². The fourth-order valence-electron chi connectivity index (χ4n) is 2.03. The van der Waals surface area contributed by atoms with Crippen LogP contribution in [-0.2, 0) is 11.2 Å². The molecule has 1 aromatic rings. The van der Waals surface area contributed by atoms with Crippen LogP contribution in [-0.4, -0.2) is 19.1 Å². The van der Waals surface area contributed by atoms with Crippen LogP contribution in [0.2, 0.25) is 0 Å². The number of carbonyl (C=O) groups excluding carboxylic acids is 1. The van der Waals surface area contributed by atoms with Crippen LogP contribution in [0.3, 0.4) is 0 Å². The van der Waals surface area contributed by atoms with Crippen molar-refractivity contribution < 1.29 is 13.9 Å². The Labute approximate surface area is 107 Å². The summed E-state index contributed by atoms with van der Waals surface area (Å²) in [6, 6.07) is 1.48. The van der Waals surface area contributed by atoms with Crippen LogP contribution in [0.15, 0.2) is 10.5 Å². The highest BCUT2D eigenvalue weighted by Crippen LogP contribution is 2.36. The van der Waals surface area contributed by atoms with Gasteiger partial charge < -0.3 is 10.1 Å². The maximum Gasteiger partial charge on any atom is 0.340 e. The van der Waals surface area contributed by atoms with Gasteiger partial charge in [0.2, 0.25) is 0 Å². The van der Waals surface area contributed by atoms with E-state index < -0.39 is 11.8 Å². The Morgan fingerprint density at radius 1 is 1.65 bits per heavy atom. The molecule has 0 saturated carbocycles. The Morgan fingerprint density at radius 2 is 2.35 bits per heavy atom. The van der Waals surface area contributed by atoms with E-state index in [4.69, 9.17) is 0 Å². The second kappa shape index (κ2) is 4.64. The zero-order valence-electron chi connectivity index (χ0n) is 9.64. The van der Waals surface area contributed by atoms with E-state index in [0.29, 0.717) is 10.2 Å². The van der Waals surface area contributed by atoms with Crippen LogP contribution < -0.4 is 5.32 Å². The van der Waals surface area contributed by atoms with Gasteiger partial charge in [-0.2, -0.15) is 0 Å². The highest BCUT2D eigenvalue weighted by Gasteiger charge is 2.25. The number of hydrogen-bond acceptors (Lipinski definition) is 3. The van der Waals surface area contributed by atoms with Crippen molar-refractivity contribution in [3.05, 3.63) is 27.5 Å². The quantitative estimate of drug-likeness (QED) is 0.810. The van der Waals surface area contributed by atoms with Gasteiger partial charge in [-0.3, -0.25) is 0 Å². The van der Waals surface area contributed by atoms with E-state index in [0.717, 1.165) is 18.4 Å². The summed E-state index contributed by atoms with van der Waals surface area (Å²) < 4.78 is 18.8. The van der Waals surface area contributed by atoms with Crippen LogP contribution in [0.4, 0.5) is 10.1 Å². The first-order chi connectivity index (χ1) is 8.04. The zero-order valence-corrected chi connectivity index (χ0v) is 11.2. The summed E-state index contributed by atoms with van der Waals surface area (Å²) >= 11 is 3.22. The van der Waals surface area contributed by atoms with Crippen LogP contribution in [0.25, 0.3) is 0 Å². The monoisotopic (exact) mass is 301 g/mol. The second-order valence-corrected chi connectivity index (χ2v) is 4.94. The number of benzene rings is 1. The molecule has 92 valence electrons. The molecule has 0 bridgehead atoms. The lowest BCUT2D eigenvalue weighted by molar-refractivity contribution is 0.0601. The lowest BCUT2D eigenvalue weighted by Crippen LogP contribution is -2.25. The number of esters is 1. The molecule has 0 saturated heterocycles. The molecule has 0 amide bonds. The SMILES string of the molecule is COC(=O)c1cc(F)c(Br)c2c1NC(C)CC2. The van der Waals surface area contributed by atoms with Crippen molar-refractivity contribution in [2.75, 3.05) is 12.4 Å². The van der Waals surface area contributed by atoms with Crippen molar-refractivity contribution >= 4 is 27.6 Å². The number of methoxy groups -OCH3 is 1. The molecule has 1 unspecified atom stereocenters. The molecule has 0 aliphatic carbocycles. The zero-order chi connectivity index (χ0) is 12.6. The summed E-state index contributed by atoms with van der Waals surface area (Å²) in [4.78, 5) is 11.6. The first kappa shape index (κ1) is 12.4. The molecule has 2 rings (SSSR count). The molecule has 1 aliphatic heterocycles. The number of hydrogen-bond donors (Lipinski definition) is 1. The van der Waals surface area contributed by atoms with Crippen LogP contribution >= 0.6 is 15.9 Å². The number of carbonyl (C=O) groups is 1. The largest absolute Gasteiger partial charge is 0.465 e. The fraction of sp³-hybridized carbons (Fsp3) is 0.417. The maximum absolute atomic E-state index is 13.7. The van der Waals surface area contributed by atoms with Gasteiger partial charge in [-0.15, -0.1) is 0 Å². The molecule has 1 heterocycles. The number of nitrogens with one attached hydrogen (secondary N) is 1. The van der Waals surface area contributed by atoms with Crippen molar-refractivity contribution in [3.63, 3.8) is 0 Å². The number of halogens is 2. The molecule has 3 nitrogen and oxygen atoms in total. The highest BCUT2D eigenvalue weighted by molar-refractivity contribution is 9.10. The molecule has 0 spiro atoms. The number of rotatable bonds is 1. The molecule has 5 heteroatoms. The molecule has 0 aromatic heterocycles. The van der Waals surface area contributed by atoms with Gasteiger partial charge >= 0.3 is 5.97 Å². The van der Waals surface area contributed by atoms with Crippen molar-refractivity contribution in [2.24, 2.45) is 0 Å². The minimum atomic E-state index is -0.519. The third kappa shape index (κ3) is 2.16. The van der Waals surface area contributed by atoms with Crippen LogP contribution in [0.5, 0.6) is 0 Å². The number of fused-ring (bicyclic) bond motifs is 1. The van der Waals surface area contributed by atoms with Crippen molar-refractivity contribution in [2.45, 2.75) is 25.8 Å². The molecular weight excluding hydrogens is 289 g/mol. The first-order valence-corrected chi connectivity index (χ1v) is 6.19. The van der Waals surface area contributed by atoms with E-state index in [2.05, 4.69) is 26.0 Å². The van der Waals surface area contributed by atoms with Gasteiger partial charge in [-0.1, -0.05) is 0 Å². The highest BCUT2D eigenvalue weighted by atomic mass is 79.9. The maximum atomic E-state index is 13.7. The van der Waals surface area contributed by atoms with Crippen LogP contribution in [0.1, 0.15) is 29.3 Å². The van der Waals surface area contributed by atoms with E-state index in [-0.39, 0.29) is 11.6 Å². The molecule has 1 N–H and O–H groups in total. The predicted octanol–water partition coefficient (Wildman–Crippen LogP) is 3.12.